The SMILES string of the molecule is N#Cc1cccc(C(=O)N2CC3(C[C@@H](Oc4ccccn4)CCO3)C2)c1. The lowest BCUT2D eigenvalue weighted by Crippen LogP contribution is -2.67. The fourth-order valence-corrected chi connectivity index (χ4v) is 3.59. The second kappa shape index (κ2) is 6.77. The maximum atomic E-state index is 12.6. The van der Waals surface area contributed by atoms with Gasteiger partial charge in [0.25, 0.3) is 5.91 Å². The smallest absolute Gasteiger partial charge is 0.254 e. The maximum absolute atomic E-state index is 12.6. The minimum absolute atomic E-state index is 0.0396. The predicted octanol–water partition coefficient (Wildman–Crippen LogP) is 2.41. The van der Waals surface area contributed by atoms with Crippen LogP contribution in [0, 0.1) is 11.3 Å². The van der Waals surface area contributed by atoms with Crippen molar-refractivity contribution < 1.29 is 14.3 Å². The lowest BCUT2D eigenvalue weighted by atomic mass is 9.84. The summed E-state index contributed by atoms with van der Waals surface area (Å²) in [7, 11) is 0. The number of aromatic nitrogens is 1. The van der Waals surface area contributed by atoms with E-state index in [1.165, 1.54) is 0 Å². The van der Waals surface area contributed by atoms with Crippen LogP contribution in [0.2, 0.25) is 0 Å². The number of likely N-dealkylation sites (tertiary alicyclic amines) is 1. The minimum atomic E-state index is -0.333. The van der Waals surface area contributed by atoms with Crippen LogP contribution >= 0.6 is 0 Å². The van der Waals surface area contributed by atoms with Gasteiger partial charge in [-0.3, -0.25) is 4.79 Å². The first kappa shape index (κ1) is 16.6. The molecule has 1 spiro atoms. The molecule has 0 saturated carbocycles. The quantitative estimate of drug-likeness (QED) is 0.850. The Balaban J connectivity index is 1.38. The summed E-state index contributed by atoms with van der Waals surface area (Å²) in [6, 6.07) is 14.5. The number of pyridine rings is 1. The van der Waals surface area contributed by atoms with Crippen LogP contribution in [-0.2, 0) is 4.74 Å². The Morgan fingerprint density at radius 3 is 2.96 bits per heavy atom. The van der Waals surface area contributed by atoms with E-state index >= 15 is 0 Å². The van der Waals surface area contributed by atoms with E-state index < -0.39 is 0 Å². The van der Waals surface area contributed by atoms with E-state index in [0.717, 1.165) is 12.8 Å². The molecule has 4 rings (SSSR count). The molecule has 2 fully saturated rings. The summed E-state index contributed by atoms with van der Waals surface area (Å²) in [4.78, 5) is 18.6. The van der Waals surface area contributed by atoms with Crippen molar-refractivity contribution in [1.82, 2.24) is 9.88 Å². The van der Waals surface area contributed by atoms with E-state index in [2.05, 4.69) is 11.1 Å². The second-order valence-electron chi connectivity index (χ2n) is 6.79. The first-order chi connectivity index (χ1) is 12.7. The fourth-order valence-electron chi connectivity index (χ4n) is 3.59. The molecule has 6 nitrogen and oxygen atoms in total. The Morgan fingerprint density at radius 1 is 1.31 bits per heavy atom. The summed E-state index contributed by atoms with van der Waals surface area (Å²) in [5.41, 5.74) is 0.694. The lowest BCUT2D eigenvalue weighted by Gasteiger charge is -2.52. The number of nitrogens with zero attached hydrogens (tertiary/aromatic N) is 3. The molecule has 0 radical (unpaired) electrons. The van der Waals surface area contributed by atoms with Crippen molar-refractivity contribution >= 4 is 5.91 Å². The van der Waals surface area contributed by atoms with Gasteiger partial charge < -0.3 is 14.4 Å². The number of carbonyl (C=O) groups is 1. The highest BCUT2D eigenvalue weighted by Crippen LogP contribution is 2.36. The largest absolute Gasteiger partial charge is 0.474 e. The van der Waals surface area contributed by atoms with Gasteiger partial charge in [0.15, 0.2) is 0 Å². The number of carbonyl (C=O) groups excluding carboxylic acids is 1. The van der Waals surface area contributed by atoms with Crippen molar-refractivity contribution in [1.29, 1.82) is 5.26 Å². The molecule has 2 aromatic rings. The Kier molecular flexibility index (Phi) is 4.31. The number of ether oxygens (including phenoxy) is 2. The molecule has 0 N–H and O–H groups in total. The fraction of sp³-hybridized carbons (Fsp3) is 0.350. The first-order valence-corrected chi connectivity index (χ1v) is 8.69. The predicted molar refractivity (Wildman–Crippen MR) is 93.6 cm³/mol. The van der Waals surface area contributed by atoms with Gasteiger partial charge in [0.1, 0.15) is 11.7 Å². The highest BCUT2D eigenvalue weighted by atomic mass is 16.5. The third-order valence-corrected chi connectivity index (χ3v) is 4.86. The number of nitriles is 1. The molecule has 2 saturated heterocycles. The van der Waals surface area contributed by atoms with Gasteiger partial charge in [-0.2, -0.15) is 5.26 Å². The number of hydrogen-bond acceptors (Lipinski definition) is 5. The number of amides is 1. The van der Waals surface area contributed by atoms with Crippen LogP contribution in [0.5, 0.6) is 5.88 Å². The molecular formula is C20H19N3O3. The molecule has 3 heterocycles. The molecule has 0 aliphatic carbocycles. The summed E-state index contributed by atoms with van der Waals surface area (Å²) < 4.78 is 12.0. The monoisotopic (exact) mass is 349 g/mol. The zero-order chi connectivity index (χ0) is 18.0. The van der Waals surface area contributed by atoms with Crippen molar-refractivity contribution in [3.8, 4) is 11.9 Å². The van der Waals surface area contributed by atoms with Crippen molar-refractivity contribution in [3.63, 3.8) is 0 Å². The highest BCUT2D eigenvalue weighted by molar-refractivity contribution is 5.95. The van der Waals surface area contributed by atoms with Crippen LogP contribution < -0.4 is 4.74 Å². The average Bonchev–Trinajstić information content (AvgIpc) is 2.66. The maximum Gasteiger partial charge on any atom is 0.254 e. The molecule has 6 heteroatoms. The van der Waals surface area contributed by atoms with Crippen molar-refractivity contribution in [2.45, 2.75) is 24.5 Å². The molecule has 1 atom stereocenters. The number of rotatable bonds is 3. The van der Waals surface area contributed by atoms with Gasteiger partial charge in [0.2, 0.25) is 5.88 Å². The van der Waals surface area contributed by atoms with Crippen LogP contribution in [-0.4, -0.2) is 47.2 Å². The van der Waals surface area contributed by atoms with Crippen LogP contribution in [0.1, 0.15) is 28.8 Å². The molecule has 2 aliphatic heterocycles. The molecular weight excluding hydrogens is 330 g/mol. The Labute approximate surface area is 152 Å². The van der Waals surface area contributed by atoms with Gasteiger partial charge >= 0.3 is 0 Å². The van der Waals surface area contributed by atoms with E-state index in [4.69, 9.17) is 14.7 Å². The summed E-state index contributed by atoms with van der Waals surface area (Å²) in [6.45, 7) is 1.71. The molecule has 0 bridgehead atoms. The topological polar surface area (TPSA) is 75.5 Å². The third-order valence-electron chi connectivity index (χ3n) is 4.86. The Morgan fingerprint density at radius 2 is 2.19 bits per heavy atom. The van der Waals surface area contributed by atoms with E-state index in [0.29, 0.717) is 36.7 Å². The molecule has 0 unspecified atom stereocenters. The van der Waals surface area contributed by atoms with Gasteiger partial charge in [0.05, 0.1) is 31.3 Å². The van der Waals surface area contributed by atoms with Gasteiger partial charge in [-0.15, -0.1) is 0 Å². The second-order valence-corrected chi connectivity index (χ2v) is 6.79. The van der Waals surface area contributed by atoms with Gasteiger partial charge in [-0.05, 0) is 24.3 Å². The van der Waals surface area contributed by atoms with Crippen LogP contribution in [0.15, 0.2) is 48.7 Å². The van der Waals surface area contributed by atoms with Crippen molar-refractivity contribution in [3.05, 3.63) is 59.8 Å². The standard InChI is InChI=1S/C20H19N3O3/c21-12-15-4-3-5-16(10-15)19(24)23-13-20(14-23)11-17(7-9-25-20)26-18-6-1-2-8-22-18/h1-6,8,10,17H,7,9,11,13-14H2/t17-/m0/s1. The number of hydrogen-bond donors (Lipinski definition) is 0. The lowest BCUT2D eigenvalue weighted by molar-refractivity contribution is -0.174. The normalized spacial score (nSPS) is 20.9. The zero-order valence-corrected chi connectivity index (χ0v) is 14.3. The molecule has 132 valence electrons. The van der Waals surface area contributed by atoms with Crippen molar-refractivity contribution in [2.24, 2.45) is 0 Å². The Bertz CT molecular complexity index is 841. The summed E-state index contributed by atoms with van der Waals surface area (Å²) in [6.07, 6.45) is 3.31. The minimum Gasteiger partial charge on any atom is -0.474 e. The zero-order valence-electron chi connectivity index (χ0n) is 14.3. The van der Waals surface area contributed by atoms with E-state index in [-0.39, 0.29) is 17.6 Å². The molecule has 1 aromatic carbocycles. The highest BCUT2D eigenvalue weighted by Gasteiger charge is 2.50. The number of benzene rings is 1. The van der Waals surface area contributed by atoms with Crippen LogP contribution in [0.4, 0.5) is 0 Å². The van der Waals surface area contributed by atoms with Crippen LogP contribution in [0.3, 0.4) is 0 Å². The van der Waals surface area contributed by atoms with Gasteiger partial charge in [0, 0.05) is 30.7 Å². The molecule has 2 aliphatic rings. The average molecular weight is 349 g/mol. The summed E-state index contributed by atoms with van der Waals surface area (Å²) in [5.74, 6) is 0.555. The van der Waals surface area contributed by atoms with Gasteiger partial charge in [-0.1, -0.05) is 12.1 Å². The summed E-state index contributed by atoms with van der Waals surface area (Å²) in [5, 5.41) is 8.99. The van der Waals surface area contributed by atoms with Gasteiger partial charge in [-0.25, -0.2) is 4.98 Å². The summed E-state index contributed by atoms with van der Waals surface area (Å²) >= 11 is 0. The van der Waals surface area contributed by atoms with Crippen molar-refractivity contribution in [2.75, 3.05) is 19.7 Å². The first-order valence-electron chi connectivity index (χ1n) is 8.69. The van der Waals surface area contributed by atoms with E-state index in [9.17, 15) is 4.79 Å². The molecule has 1 aromatic heterocycles. The Hall–Kier alpha value is -2.91. The molecule has 26 heavy (non-hydrogen) atoms. The van der Waals surface area contributed by atoms with Crippen LogP contribution in [0.25, 0.3) is 0 Å². The molecule has 1 amide bonds. The van der Waals surface area contributed by atoms with E-state index in [1.54, 1.807) is 35.4 Å². The van der Waals surface area contributed by atoms with E-state index in [1.807, 2.05) is 18.2 Å². The third kappa shape index (κ3) is 3.26.